The smallest absolute Gasteiger partial charge is 0.360 e. The third-order valence-electron chi connectivity index (χ3n) is 2.75. The van der Waals surface area contributed by atoms with Crippen LogP contribution >= 0.6 is 0 Å². The topological polar surface area (TPSA) is 70.1 Å². The highest BCUT2D eigenvalue weighted by molar-refractivity contribution is 5.92. The molecule has 5 nitrogen and oxygen atoms in total. The summed E-state index contributed by atoms with van der Waals surface area (Å²) in [5, 5.41) is 0. The molecule has 5 heteroatoms. The van der Waals surface area contributed by atoms with Crippen LogP contribution in [0.3, 0.4) is 0 Å². The van der Waals surface area contributed by atoms with Crippen LogP contribution in [-0.2, 0) is 11.2 Å². The SMILES string of the molecule is CCc1nc(C(=O)OC)c(N)n1C(C)CC. The molecule has 1 aromatic rings. The number of carbonyl (C=O) groups is 1. The molecule has 16 heavy (non-hydrogen) atoms. The summed E-state index contributed by atoms with van der Waals surface area (Å²) in [7, 11) is 1.33. The number of methoxy groups -OCH3 is 1. The van der Waals surface area contributed by atoms with Crippen molar-refractivity contribution in [3.05, 3.63) is 11.5 Å². The minimum atomic E-state index is -0.478. The van der Waals surface area contributed by atoms with Crippen molar-refractivity contribution in [1.82, 2.24) is 9.55 Å². The van der Waals surface area contributed by atoms with Gasteiger partial charge in [-0.15, -0.1) is 0 Å². The van der Waals surface area contributed by atoms with Gasteiger partial charge in [0.25, 0.3) is 0 Å². The number of rotatable bonds is 4. The fourth-order valence-electron chi connectivity index (χ4n) is 1.66. The van der Waals surface area contributed by atoms with E-state index >= 15 is 0 Å². The zero-order chi connectivity index (χ0) is 12.3. The lowest BCUT2D eigenvalue weighted by Gasteiger charge is -2.15. The second-order valence-corrected chi connectivity index (χ2v) is 3.73. The standard InChI is InChI=1S/C11H19N3O2/c1-5-7(3)14-8(6-2)13-9(10(14)12)11(15)16-4/h7H,5-6,12H2,1-4H3. The molecule has 2 N–H and O–H groups in total. The van der Waals surface area contributed by atoms with Crippen molar-refractivity contribution in [1.29, 1.82) is 0 Å². The van der Waals surface area contributed by atoms with Gasteiger partial charge in [-0.3, -0.25) is 0 Å². The second kappa shape index (κ2) is 5.01. The van der Waals surface area contributed by atoms with Gasteiger partial charge < -0.3 is 15.0 Å². The highest BCUT2D eigenvalue weighted by Gasteiger charge is 2.22. The number of nitrogen functional groups attached to an aromatic ring is 1. The maximum absolute atomic E-state index is 11.4. The predicted octanol–water partition coefficient (Wildman–Crippen LogP) is 1.79. The first-order valence-corrected chi connectivity index (χ1v) is 5.51. The second-order valence-electron chi connectivity index (χ2n) is 3.73. The Hall–Kier alpha value is -1.52. The minimum absolute atomic E-state index is 0.222. The lowest BCUT2D eigenvalue weighted by Crippen LogP contribution is -2.12. The monoisotopic (exact) mass is 225 g/mol. The number of aryl methyl sites for hydroxylation is 1. The number of hydrogen-bond acceptors (Lipinski definition) is 4. The number of aromatic nitrogens is 2. The molecule has 1 atom stereocenters. The van der Waals surface area contributed by atoms with Gasteiger partial charge in [-0.2, -0.15) is 0 Å². The first kappa shape index (κ1) is 12.5. The molecule has 0 radical (unpaired) electrons. The normalized spacial score (nSPS) is 12.5. The number of anilines is 1. The Morgan fingerprint density at radius 3 is 2.62 bits per heavy atom. The van der Waals surface area contributed by atoms with Crippen molar-refractivity contribution in [3.63, 3.8) is 0 Å². The summed E-state index contributed by atoms with van der Waals surface area (Å²) in [6.45, 7) is 6.11. The predicted molar refractivity (Wildman–Crippen MR) is 62.4 cm³/mol. The molecule has 0 bridgehead atoms. The van der Waals surface area contributed by atoms with Crippen molar-refractivity contribution in [2.75, 3.05) is 12.8 Å². The maximum atomic E-state index is 11.4. The number of nitrogens with two attached hydrogens (primary N) is 1. The molecule has 0 saturated carbocycles. The Labute approximate surface area is 95.6 Å². The van der Waals surface area contributed by atoms with Crippen molar-refractivity contribution < 1.29 is 9.53 Å². The van der Waals surface area contributed by atoms with Crippen molar-refractivity contribution >= 4 is 11.8 Å². The summed E-state index contributed by atoms with van der Waals surface area (Å²) in [6, 6.07) is 0.237. The first-order valence-electron chi connectivity index (χ1n) is 5.51. The number of esters is 1. The summed E-state index contributed by atoms with van der Waals surface area (Å²) in [5.41, 5.74) is 6.15. The molecule has 1 heterocycles. The summed E-state index contributed by atoms with van der Waals surface area (Å²) < 4.78 is 6.56. The fraction of sp³-hybridized carbons (Fsp3) is 0.636. The lowest BCUT2D eigenvalue weighted by molar-refractivity contribution is 0.0595. The van der Waals surface area contributed by atoms with Crippen LogP contribution in [0.5, 0.6) is 0 Å². The summed E-state index contributed by atoms with van der Waals surface area (Å²) >= 11 is 0. The molecule has 1 rings (SSSR count). The molecule has 0 aromatic carbocycles. The molecular weight excluding hydrogens is 206 g/mol. The van der Waals surface area contributed by atoms with E-state index in [1.807, 2.05) is 11.5 Å². The van der Waals surface area contributed by atoms with Crippen LogP contribution in [0.4, 0.5) is 5.82 Å². The van der Waals surface area contributed by atoms with Crippen molar-refractivity contribution in [2.24, 2.45) is 0 Å². The van der Waals surface area contributed by atoms with Gasteiger partial charge in [0.2, 0.25) is 0 Å². The van der Waals surface area contributed by atoms with Crippen molar-refractivity contribution in [3.8, 4) is 0 Å². The minimum Gasteiger partial charge on any atom is -0.464 e. The maximum Gasteiger partial charge on any atom is 0.360 e. The van der Waals surface area contributed by atoms with E-state index in [4.69, 9.17) is 5.73 Å². The Bertz CT molecular complexity index is 385. The number of nitrogens with zero attached hydrogens (tertiary/aromatic N) is 2. The number of hydrogen-bond donors (Lipinski definition) is 1. The highest BCUT2D eigenvalue weighted by Crippen LogP contribution is 2.23. The van der Waals surface area contributed by atoms with Gasteiger partial charge in [-0.25, -0.2) is 9.78 Å². The molecular formula is C11H19N3O2. The fourth-order valence-corrected chi connectivity index (χ4v) is 1.66. The molecule has 0 aliphatic heterocycles. The van der Waals surface area contributed by atoms with Gasteiger partial charge in [0.15, 0.2) is 5.69 Å². The van der Waals surface area contributed by atoms with E-state index in [2.05, 4.69) is 23.6 Å². The van der Waals surface area contributed by atoms with Gasteiger partial charge in [-0.1, -0.05) is 13.8 Å². The molecule has 0 aliphatic carbocycles. The van der Waals surface area contributed by atoms with E-state index in [0.29, 0.717) is 5.82 Å². The molecule has 0 spiro atoms. The van der Waals surface area contributed by atoms with Crippen LogP contribution in [0.2, 0.25) is 0 Å². The van der Waals surface area contributed by atoms with Gasteiger partial charge >= 0.3 is 5.97 Å². The Morgan fingerprint density at radius 2 is 2.19 bits per heavy atom. The largest absolute Gasteiger partial charge is 0.464 e. The van der Waals surface area contributed by atoms with E-state index in [0.717, 1.165) is 18.7 Å². The van der Waals surface area contributed by atoms with Crippen LogP contribution in [0.25, 0.3) is 0 Å². The van der Waals surface area contributed by atoms with Crippen LogP contribution in [0.1, 0.15) is 49.5 Å². The van der Waals surface area contributed by atoms with Gasteiger partial charge in [0, 0.05) is 12.5 Å². The molecule has 1 aromatic heterocycles. The Kier molecular flexibility index (Phi) is 3.93. The molecule has 0 saturated heterocycles. The number of ether oxygens (including phenoxy) is 1. The molecule has 0 amide bonds. The average Bonchev–Trinajstić information content (AvgIpc) is 2.64. The third kappa shape index (κ3) is 2.03. The Morgan fingerprint density at radius 1 is 1.56 bits per heavy atom. The van der Waals surface area contributed by atoms with E-state index < -0.39 is 5.97 Å². The third-order valence-corrected chi connectivity index (χ3v) is 2.75. The van der Waals surface area contributed by atoms with Crippen molar-refractivity contribution in [2.45, 2.75) is 39.7 Å². The zero-order valence-corrected chi connectivity index (χ0v) is 10.3. The molecule has 0 aliphatic rings. The van der Waals surface area contributed by atoms with Gasteiger partial charge in [0.05, 0.1) is 7.11 Å². The van der Waals surface area contributed by atoms with Gasteiger partial charge in [0.1, 0.15) is 11.6 Å². The quantitative estimate of drug-likeness (QED) is 0.793. The van der Waals surface area contributed by atoms with E-state index in [1.165, 1.54) is 7.11 Å². The first-order chi connectivity index (χ1) is 7.56. The average molecular weight is 225 g/mol. The van der Waals surface area contributed by atoms with Crippen LogP contribution in [0.15, 0.2) is 0 Å². The molecule has 0 fully saturated rings. The highest BCUT2D eigenvalue weighted by atomic mass is 16.5. The van der Waals surface area contributed by atoms with E-state index in [-0.39, 0.29) is 11.7 Å². The number of carbonyl (C=O) groups excluding carboxylic acids is 1. The van der Waals surface area contributed by atoms with Crippen LogP contribution in [0, 0.1) is 0 Å². The molecule has 90 valence electrons. The van der Waals surface area contributed by atoms with Crippen LogP contribution < -0.4 is 5.73 Å². The summed E-state index contributed by atoms with van der Waals surface area (Å²) in [5.74, 6) is 0.750. The van der Waals surface area contributed by atoms with Gasteiger partial charge in [-0.05, 0) is 13.3 Å². The van der Waals surface area contributed by atoms with Crippen LogP contribution in [-0.4, -0.2) is 22.6 Å². The molecule has 1 unspecified atom stereocenters. The van der Waals surface area contributed by atoms with E-state index in [1.54, 1.807) is 0 Å². The number of imidazole rings is 1. The summed E-state index contributed by atoms with van der Waals surface area (Å²) in [4.78, 5) is 15.7. The Balaban J connectivity index is 3.26. The lowest BCUT2D eigenvalue weighted by atomic mass is 10.2. The van der Waals surface area contributed by atoms with E-state index in [9.17, 15) is 4.79 Å². The zero-order valence-electron chi connectivity index (χ0n) is 10.3. The summed E-state index contributed by atoms with van der Waals surface area (Å²) in [6.07, 6.45) is 1.68.